The Morgan fingerprint density at radius 2 is 1.71 bits per heavy atom. The van der Waals surface area contributed by atoms with Gasteiger partial charge in [-0.25, -0.2) is 9.82 Å². The van der Waals surface area contributed by atoms with Gasteiger partial charge in [0.05, 0.1) is 18.0 Å². The molecule has 0 fully saturated rings. The monoisotopic (exact) mass is 524 g/mol. The minimum atomic E-state index is -0.529. The summed E-state index contributed by atoms with van der Waals surface area (Å²) in [6, 6.07) is 30.3. The summed E-state index contributed by atoms with van der Waals surface area (Å²) in [6.45, 7) is 2.20. The fourth-order valence-corrected chi connectivity index (χ4v) is 4.81. The molecular formula is C29H25FN6OS. The van der Waals surface area contributed by atoms with Gasteiger partial charge in [0, 0.05) is 22.3 Å². The van der Waals surface area contributed by atoms with Crippen LogP contribution in [0.1, 0.15) is 18.3 Å². The van der Waals surface area contributed by atoms with Gasteiger partial charge >= 0.3 is 0 Å². The van der Waals surface area contributed by atoms with Gasteiger partial charge in [-0.2, -0.15) is 5.10 Å². The number of anilines is 1. The molecule has 0 saturated heterocycles. The van der Waals surface area contributed by atoms with Crippen LogP contribution in [0.5, 0.6) is 0 Å². The van der Waals surface area contributed by atoms with E-state index < -0.39 is 11.1 Å². The first-order valence-electron chi connectivity index (χ1n) is 12.1. The lowest BCUT2D eigenvalue weighted by Gasteiger charge is -2.14. The predicted octanol–water partition coefficient (Wildman–Crippen LogP) is 5.80. The molecule has 0 spiro atoms. The first-order valence-corrected chi connectivity index (χ1v) is 12.9. The highest BCUT2D eigenvalue weighted by molar-refractivity contribution is 8.00. The highest BCUT2D eigenvalue weighted by Gasteiger charge is 2.21. The first-order chi connectivity index (χ1) is 18.6. The van der Waals surface area contributed by atoms with E-state index in [-0.39, 0.29) is 5.91 Å². The van der Waals surface area contributed by atoms with Crippen LogP contribution in [-0.2, 0) is 11.3 Å². The van der Waals surface area contributed by atoms with Crippen molar-refractivity contribution in [2.24, 2.45) is 5.10 Å². The highest BCUT2D eigenvalue weighted by atomic mass is 32.2. The van der Waals surface area contributed by atoms with Crippen LogP contribution in [0.4, 0.5) is 10.1 Å². The molecular weight excluding hydrogens is 499 g/mol. The topological polar surface area (TPSA) is 84.2 Å². The molecule has 0 aliphatic carbocycles. The zero-order valence-corrected chi connectivity index (χ0v) is 21.4. The first kappa shape index (κ1) is 25.2. The van der Waals surface area contributed by atoms with E-state index in [9.17, 15) is 9.18 Å². The van der Waals surface area contributed by atoms with Gasteiger partial charge in [-0.15, -0.1) is 10.2 Å². The Morgan fingerprint density at radius 1 is 0.974 bits per heavy atom. The summed E-state index contributed by atoms with van der Waals surface area (Å²) in [5.74, 6) is -0.0361. The minimum Gasteiger partial charge on any atom is -0.377 e. The lowest BCUT2D eigenvalue weighted by atomic mass is 10.1. The molecule has 0 radical (unpaired) electrons. The summed E-state index contributed by atoms with van der Waals surface area (Å²) in [7, 11) is 0. The van der Waals surface area contributed by atoms with Crippen molar-refractivity contribution in [3.8, 4) is 5.69 Å². The molecule has 1 heterocycles. The molecule has 190 valence electrons. The van der Waals surface area contributed by atoms with E-state index >= 15 is 0 Å². The molecule has 0 bridgehead atoms. The number of benzene rings is 4. The molecule has 7 nitrogen and oxygen atoms in total. The van der Waals surface area contributed by atoms with E-state index in [4.69, 9.17) is 0 Å². The number of aromatic nitrogens is 3. The third-order valence-corrected chi connectivity index (χ3v) is 6.92. The fourth-order valence-electron chi connectivity index (χ4n) is 3.93. The number of para-hydroxylation sites is 1. The van der Waals surface area contributed by atoms with Crippen molar-refractivity contribution < 1.29 is 9.18 Å². The average molecular weight is 525 g/mol. The normalized spacial score (nSPS) is 12.1. The van der Waals surface area contributed by atoms with Gasteiger partial charge in [-0.3, -0.25) is 9.36 Å². The standard InChI is InChI=1S/C29H25FN6OS/c1-20(28(37)34-32-18-22-11-6-8-16-25(22)30)38-29-35-33-27(36(29)23-13-3-2-4-14-23)19-31-26-17-9-12-21-10-5-7-15-24(21)26/h2-18,20,31H,19H2,1H3,(H,34,37)/b32-18-/t20-/m0/s1. The zero-order valence-electron chi connectivity index (χ0n) is 20.6. The molecule has 5 rings (SSSR count). The number of halogens is 1. The van der Waals surface area contributed by atoms with Crippen LogP contribution in [0, 0.1) is 5.82 Å². The Balaban J connectivity index is 1.33. The van der Waals surface area contributed by atoms with Crippen LogP contribution in [0.2, 0.25) is 0 Å². The Labute approximate surface area is 223 Å². The Hall–Kier alpha value is -4.50. The van der Waals surface area contributed by atoms with E-state index in [1.807, 2.05) is 59.2 Å². The van der Waals surface area contributed by atoms with E-state index in [1.54, 1.807) is 25.1 Å². The smallest absolute Gasteiger partial charge is 0.253 e. The third kappa shape index (κ3) is 5.73. The van der Waals surface area contributed by atoms with Crippen LogP contribution in [-0.4, -0.2) is 32.1 Å². The fraction of sp³-hybridized carbons (Fsp3) is 0.103. The molecule has 9 heteroatoms. The highest BCUT2D eigenvalue weighted by Crippen LogP contribution is 2.27. The van der Waals surface area contributed by atoms with E-state index in [1.165, 1.54) is 24.0 Å². The van der Waals surface area contributed by atoms with Gasteiger partial charge in [-0.1, -0.05) is 84.6 Å². The van der Waals surface area contributed by atoms with Crippen molar-refractivity contribution in [1.29, 1.82) is 0 Å². The largest absolute Gasteiger partial charge is 0.377 e. The van der Waals surface area contributed by atoms with Crippen LogP contribution >= 0.6 is 11.8 Å². The Kier molecular flexibility index (Phi) is 7.75. The molecule has 4 aromatic carbocycles. The van der Waals surface area contributed by atoms with Crippen molar-refractivity contribution in [2.45, 2.75) is 23.9 Å². The molecule has 0 aliphatic heterocycles. The molecule has 38 heavy (non-hydrogen) atoms. The van der Waals surface area contributed by atoms with Crippen molar-refractivity contribution >= 4 is 40.3 Å². The van der Waals surface area contributed by atoms with E-state index in [2.05, 4.69) is 44.2 Å². The Morgan fingerprint density at radius 3 is 2.55 bits per heavy atom. The predicted molar refractivity (Wildman–Crippen MR) is 150 cm³/mol. The summed E-state index contributed by atoms with van der Waals surface area (Å²) in [5, 5.41) is 18.6. The average Bonchev–Trinajstić information content (AvgIpc) is 3.35. The number of thioether (sulfide) groups is 1. The van der Waals surface area contributed by atoms with Crippen LogP contribution in [0.15, 0.2) is 107 Å². The van der Waals surface area contributed by atoms with Gasteiger partial charge in [0.15, 0.2) is 11.0 Å². The number of fused-ring (bicyclic) bond motifs is 1. The number of hydrogen-bond acceptors (Lipinski definition) is 6. The van der Waals surface area contributed by atoms with Crippen LogP contribution < -0.4 is 10.7 Å². The van der Waals surface area contributed by atoms with Gasteiger partial charge < -0.3 is 5.32 Å². The molecule has 2 N–H and O–H groups in total. The lowest BCUT2D eigenvalue weighted by Crippen LogP contribution is -2.27. The molecule has 5 aromatic rings. The second-order valence-corrected chi connectivity index (χ2v) is 9.77. The van der Waals surface area contributed by atoms with Crippen LogP contribution in [0.25, 0.3) is 16.5 Å². The van der Waals surface area contributed by atoms with Crippen molar-refractivity contribution in [3.05, 3.63) is 114 Å². The number of amides is 1. The number of carbonyl (C=O) groups is 1. The van der Waals surface area contributed by atoms with Gasteiger partial charge in [0.25, 0.3) is 5.91 Å². The van der Waals surface area contributed by atoms with Crippen molar-refractivity contribution in [2.75, 3.05) is 5.32 Å². The molecule has 0 aliphatic rings. The second kappa shape index (κ2) is 11.7. The molecule has 1 aromatic heterocycles. The summed E-state index contributed by atoms with van der Waals surface area (Å²) in [6.07, 6.45) is 1.29. The van der Waals surface area contributed by atoms with Gasteiger partial charge in [-0.05, 0) is 36.6 Å². The van der Waals surface area contributed by atoms with Crippen molar-refractivity contribution in [3.63, 3.8) is 0 Å². The maximum absolute atomic E-state index is 13.8. The number of hydrogen-bond donors (Lipinski definition) is 2. The second-order valence-electron chi connectivity index (χ2n) is 8.47. The lowest BCUT2D eigenvalue weighted by molar-refractivity contribution is -0.120. The maximum Gasteiger partial charge on any atom is 0.253 e. The molecule has 1 amide bonds. The number of hydrazone groups is 1. The Bertz CT molecular complexity index is 1580. The number of nitrogens with zero attached hydrogens (tertiary/aromatic N) is 4. The SMILES string of the molecule is C[C@H](Sc1nnc(CNc2cccc3ccccc23)n1-c1ccccc1)C(=O)N/N=C\c1ccccc1F. The summed E-state index contributed by atoms with van der Waals surface area (Å²) in [5.41, 5.74) is 4.66. The van der Waals surface area contributed by atoms with E-state index in [0.717, 1.165) is 22.1 Å². The minimum absolute atomic E-state index is 0.292. The van der Waals surface area contributed by atoms with E-state index in [0.29, 0.717) is 23.1 Å². The van der Waals surface area contributed by atoms with Crippen molar-refractivity contribution in [1.82, 2.24) is 20.2 Å². The zero-order chi connectivity index (χ0) is 26.3. The number of rotatable bonds is 9. The molecule has 0 unspecified atom stereocenters. The molecule has 0 saturated carbocycles. The summed E-state index contributed by atoms with van der Waals surface area (Å²) < 4.78 is 15.7. The summed E-state index contributed by atoms with van der Waals surface area (Å²) >= 11 is 1.27. The number of nitrogens with one attached hydrogen (secondary N) is 2. The molecule has 1 atom stereocenters. The quantitative estimate of drug-likeness (QED) is 0.145. The number of carbonyl (C=O) groups excluding carboxylic acids is 1. The maximum atomic E-state index is 13.8. The van der Waals surface area contributed by atoms with Crippen LogP contribution in [0.3, 0.4) is 0 Å². The summed E-state index contributed by atoms with van der Waals surface area (Å²) in [4.78, 5) is 12.7. The third-order valence-electron chi connectivity index (χ3n) is 5.88. The van der Waals surface area contributed by atoms with Gasteiger partial charge in [0.1, 0.15) is 5.82 Å². The van der Waals surface area contributed by atoms with Gasteiger partial charge in [0.2, 0.25) is 0 Å².